The summed E-state index contributed by atoms with van der Waals surface area (Å²) in [6.45, 7) is 0. The molecule has 0 aliphatic carbocycles. The average Bonchev–Trinajstić information content (AvgIpc) is 3.12. The highest BCUT2D eigenvalue weighted by Crippen LogP contribution is 2.60. The van der Waals surface area contributed by atoms with Crippen LogP contribution in [0.3, 0.4) is 0 Å². The maximum atomic E-state index is 12.9. The topological polar surface area (TPSA) is 118 Å². The summed E-state index contributed by atoms with van der Waals surface area (Å²) in [6, 6.07) is 14.5. The number of hydrogen-bond acceptors (Lipinski definition) is 9. The lowest BCUT2D eigenvalue weighted by atomic mass is 9.77. The Balaban J connectivity index is 1.68. The van der Waals surface area contributed by atoms with Crippen LogP contribution in [0.1, 0.15) is 27.0 Å². The summed E-state index contributed by atoms with van der Waals surface area (Å²) >= 11 is 12.8. The molecule has 2 N–H and O–H groups in total. The molecule has 1 unspecified atom stereocenters. The minimum atomic E-state index is -1.42. The van der Waals surface area contributed by atoms with Gasteiger partial charge in [0, 0.05) is 29.0 Å². The molecule has 1 aromatic heterocycles. The summed E-state index contributed by atoms with van der Waals surface area (Å²) in [5.74, 6) is -0.580. The minimum absolute atomic E-state index is 0.00907. The lowest BCUT2D eigenvalue weighted by Crippen LogP contribution is -2.33. The molecule has 0 saturated heterocycles. The lowest BCUT2D eigenvalue weighted by molar-refractivity contribution is 0.0224. The van der Waals surface area contributed by atoms with Gasteiger partial charge in [0.1, 0.15) is 28.0 Å². The highest BCUT2D eigenvalue weighted by atomic mass is 35.5. The number of anilines is 2. The van der Waals surface area contributed by atoms with Gasteiger partial charge in [-0.25, -0.2) is 9.21 Å². The fourth-order valence-electron chi connectivity index (χ4n) is 4.38. The van der Waals surface area contributed by atoms with Gasteiger partial charge in [-0.05, 0) is 35.5 Å². The first-order valence-corrected chi connectivity index (χ1v) is 10.6. The van der Waals surface area contributed by atoms with Crippen molar-refractivity contribution in [3.8, 4) is 23.0 Å². The number of benzene rings is 3. The first-order valence-electron chi connectivity index (χ1n) is 9.92. The van der Waals surface area contributed by atoms with Gasteiger partial charge in [-0.2, -0.15) is 0 Å². The van der Waals surface area contributed by atoms with E-state index in [1.165, 1.54) is 24.4 Å². The van der Waals surface area contributed by atoms with Crippen LogP contribution >= 0.6 is 23.4 Å². The van der Waals surface area contributed by atoms with Crippen LogP contribution in [-0.4, -0.2) is 31.6 Å². The Bertz CT molecular complexity index is 1510. The highest BCUT2D eigenvalue weighted by molar-refractivity contribution is 6.37. The van der Waals surface area contributed by atoms with Crippen molar-refractivity contribution in [1.82, 2.24) is 15.4 Å². The van der Waals surface area contributed by atoms with E-state index in [0.717, 1.165) is 4.42 Å². The fraction of sp³-hybridized carbons (Fsp3) is 0.0435. The van der Waals surface area contributed by atoms with Crippen molar-refractivity contribution in [1.29, 1.82) is 0 Å². The van der Waals surface area contributed by atoms with E-state index in [-0.39, 0.29) is 39.5 Å². The zero-order chi connectivity index (χ0) is 23.6. The molecule has 0 bridgehead atoms. The first kappa shape index (κ1) is 20.5. The molecule has 1 atom stereocenters. The second-order valence-electron chi connectivity index (χ2n) is 7.60. The Labute approximate surface area is 201 Å². The normalized spacial score (nSPS) is 17.4. The van der Waals surface area contributed by atoms with Gasteiger partial charge in [0.05, 0.1) is 17.3 Å². The second-order valence-corrected chi connectivity index (χ2v) is 8.34. The molecule has 4 aromatic rings. The summed E-state index contributed by atoms with van der Waals surface area (Å²) in [7, 11) is 0. The third-order valence-corrected chi connectivity index (χ3v) is 6.37. The van der Waals surface area contributed by atoms with E-state index in [1.807, 2.05) is 0 Å². The van der Waals surface area contributed by atoms with Crippen molar-refractivity contribution in [2.45, 2.75) is 5.60 Å². The van der Waals surface area contributed by atoms with Gasteiger partial charge < -0.3 is 19.7 Å². The van der Waals surface area contributed by atoms with Crippen molar-refractivity contribution < 1.29 is 24.5 Å². The Kier molecular flexibility index (Phi) is 4.35. The van der Waals surface area contributed by atoms with Crippen LogP contribution in [0.2, 0.25) is 5.02 Å². The summed E-state index contributed by atoms with van der Waals surface area (Å²) < 4.78 is 13.2. The zero-order valence-corrected chi connectivity index (χ0v) is 18.4. The molecular formula is C23H12Cl2N4O5. The number of aromatic hydroxyl groups is 2. The quantitative estimate of drug-likeness (QED) is 0.299. The number of fused-ring (bicyclic) bond motifs is 6. The van der Waals surface area contributed by atoms with Gasteiger partial charge in [-0.3, -0.25) is 0 Å². The Morgan fingerprint density at radius 3 is 2.62 bits per heavy atom. The standard InChI is InChI=1S/C23H12Cl2N4O5/c24-16-10-26-28-27-21(16)29(25)19-17(31)8-7-15-20(19)33-18-9-11(30)5-6-14(18)23(15)13-4-2-1-3-12(13)22(32)34-23/h1-10,30-31H. The number of aromatic nitrogens is 3. The molecule has 0 amide bonds. The molecule has 1 spiro atoms. The maximum absolute atomic E-state index is 12.9. The number of esters is 1. The predicted octanol–water partition coefficient (Wildman–Crippen LogP) is 4.80. The SMILES string of the molecule is O=C1OC2(c3ccc(O)cc3Oc3c2ccc(O)c3N(Cl)c2nnncc2Cl)c2ccccc21. The number of ether oxygens (including phenoxy) is 2. The van der Waals surface area contributed by atoms with Crippen LogP contribution in [0.15, 0.2) is 60.8 Å². The minimum Gasteiger partial charge on any atom is -0.508 e. The molecule has 168 valence electrons. The summed E-state index contributed by atoms with van der Waals surface area (Å²) in [6.07, 6.45) is 1.25. The predicted molar refractivity (Wildman–Crippen MR) is 121 cm³/mol. The number of nitrogens with zero attached hydrogens (tertiary/aromatic N) is 4. The van der Waals surface area contributed by atoms with E-state index in [9.17, 15) is 15.0 Å². The highest BCUT2D eigenvalue weighted by Gasteiger charge is 2.54. The molecule has 0 saturated carbocycles. The van der Waals surface area contributed by atoms with Crippen LogP contribution in [-0.2, 0) is 10.3 Å². The lowest BCUT2D eigenvalue weighted by Gasteiger charge is -2.37. The Hall–Kier alpha value is -4.08. The van der Waals surface area contributed by atoms with Crippen molar-refractivity contribution in [3.05, 3.63) is 88.1 Å². The van der Waals surface area contributed by atoms with E-state index in [0.29, 0.717) is 22.3 Å². The summed E-state index contributed by atoms with van der Waals surface area (Å²) in [5.41, 5.74) is 0.426. The maximum Gasteiger partial charge on any atom is 0.340 e. The molecule has 6 rings (SSSR count). The number of phenolic OH excluding ortho intramolecular Hbond substituents is 2. The van der Waals surface area contributed by atoms with Gasteiger partial charge in [0.15, 0.2) is 17.2 Å². The first-order chi connectivity index (χ1) is 16.4. The average molecular weight is 495 g/mol. The van der Waals surface area contributed by atoms with Gasteiger partial charge in [0.2, 0.25) is 0 Å². The molecule has 34 heavy (non-hydrogen) atoms. The van der Waals surface area contributed by atoms with E-state index in [2.05, 4.69) is 15.4 Å². The number of carbonyl (C=O) groups is 1. The third-order valence-electron chi connectivity index (χ3n) is 5.78. The number of rotatable bonds is 2. The van der Waals surface area contributed by atoms with Crippen molar-refractivity contribution in [3.63, 3.8) is 0 Å². The van der Waals surface area contributed by atoms with Crippen LogP contribution in [0.4, 0.5) is 11.5 Å². The smallest absolute Gasteiger partial charge is 0.340 e. The molecule has 3 aromatic carbocycles. The fourth-order valence-corrected chi connectivity index (χ4v) is 4.88. The molecule has 11 heteroatoms. The molecule has 0 radical (unpaired) electrons. The van der Waals surface area contributed by atoms with Crippen molar-refractivity contribution in [2.24, 2.45) is 0 Å². The van der Waals surface area contributed by atoms with Gasteiger partial charge in [-0.15, -0.1) is 10.2 Å². The third kappa shape index (κ3) is 2.68. The monoisotopic (exact) mass is 494 g/mol. The zero-order valence-electron chi connectivity index (χ0n) is 16.9. The van der Waals surface area contributed by atoms with Gasteiger partial charge >= 0.3 is 5.97 Å². The number of carbonyl (C=O) groups excluding carboxylic acids is 1. The van der Waals surface area contributed by atoms with Crippen LogP contribution in [0.25, 0.3) is 0 Å². The molecule has 2 aliphatic heterocycles. The van der Waals surface area contributed by atoms with E-state index in [1.54, 1.807) is 36.4 Å². The molecule has 0 fully saturated rings. The van der Waals surface area contributed by atoms with E-state index < -0.39 is 11.6 Å². The molecule has 3 heterocycles. The molecular weight excluding hydrogens is 483 g/mol. The van der Waals surface area contributed by atoms with Crippen molar-refractivity contribution in [2.75, 3.05) is 4.42 Å². The molecule has 9 nitrogen and oxygen atoms in total. The van der Waals surface area contributed by atoms with Crippen LogP contribution < -0.4 is 9.16 Å². The number of hydrogen-bond donors (Lipinski definition) is 2. The summed E-state index contributed by atoms with van der Waals surface area (Å²) in [4.78, 5) is 12.9. The van der Waals surface area contributed by atoms with Gasteiger partial charge in [0.25, 0.3) is 0 Å². The van der Waals surface area contributed by atoms with Crippen molar-refractivity contribution >= 4 is 40.9 Å². The summed E-state index contributed by atoms with van der Waals surface area (Å²) in [5, 5.41) is 32.0. The van der Waals surface area contributed by atoms with Crippen LogP contribution in [0, 0.1) is 0 Å². The second kappa shape index (κ2) is 7.21. The van der Waals surface area contributed by atoms with E-state index in [4.69, 9.17) is 32.9 Å². The Morgan fingerprint density at radius 2 is 1.79 bits per heavy atom. The Morgan fingerprint density at radius 1 is 1.00 bits per heavy atom. The number of halogens is 2. The van der Waals surface area contributed by atoms with Crippen LogP contribution in [0.5, 0.6) is 23.0 Å². The largest absolute Gasteiger partial charge is 0.508 e. The van der Waals surface area contributed by atoms with Gasteiger partial charge in [-0.1, -0.05) is 29.8 Å². The van der Waals surface area contributed by atoms with E-state index >= 15 is 0 Å². The number of phenols is 2. The molecule has 2 aliphatic rings.